The van der Waals surface area contributed by atoms with Crippen molar-refractivity contribution in [2.45, 2.75) is 102 Å². The molecule has 2 aliphatic rings. The molecule has 3 aromatic rings. The van der Waals surface area contributed by atoms with Crippen LogP contribution in [0.15, 0.2) is 53.3 Å². The quantitative estimate of drug-likeness (QED) is 0.320. The number of benzene rings is 2. The predicted octanol–water partition coefficient (Wildman–Crippen LogP) is 6.28. The molecule has 7 heteroatoms. The van der Waals surface area contributed by atoms with Crippen LogP contribution in [0.2, 0.25) is 0 Å². The average molecular weight is 517 g/mol. The van der Waals surface area contributed by atoms with Gasteiger partial charge in [-0.1, -0.05) is 69.2 Å². The molecule has 2 aliphatic carbocycles. The number of fused-ring (bicyclic) bond motifs is 1. The number of carboxylic acids is 1. The second kappa shape index (κ2) is 12.6. The van der Waals surface area contributed by atoms with E-state index in [1.165, 1.54) is 51.4 Å². The summed E-state index contributed by atoms with van der Waals surface area (Å²) in [6.07, 6.45) is 14.6. The number of aromatic nitrogens is 2. The molecule has 0 bridgehead atoms. The molecule has 0 unspecified atom stereocenters. The summed E-state index contributed by atoms with van der Waals surface area (Å²) in [6, 6.07) is 15.8. The predicted molar refractivity (Wildman–Crippen MR) is 152 cm³/mol. The molecule has 0 aliphatic heterocycles. The zero-order valence-corrected chi connectivity index (χ0v) is 22.2. The Labute approximate surface area is 224 Å². The van der Waals surface area contributed by atoms with E-state index in [0.717, 1.165) is 42.3 Å². The Morgan fingerprint density at radius 2 is 1.61 bits per heavy atom. The molecule has 2 atom stereocenters. The van der Waals surface area contributed by atoms with Crippen molar-refractivity contribution in [3.05, 3.63) is 70.0 Å². The van der Waals surface area contributed by atoms with Crippen LogP contribution in [0.5, 0.6) is 0 Å². The maximum absolute atomic E-state index is 13.9. The van der Waals surface area contributed by atoms with Crippen LogP contribution in [0.25, 0.3) is 11.0 Å². The molecule has 2 aromatic carbocycles. The van der Waals surface area contributed by atoms with Crippen LogP contribution in [0.1, 0.15) is 99.0 Å². The lowest BCUT2D eigenvalue weighted by Crippen LogP contribution is -2.40. The van der Waals surface area contributed by atoms with Crippen molar-refractivity contribution in [1.29, 1.82) is 0 Å². The fraction of sp³-hybridized carbons (Fsp3) is 0.516. The molecular formula is C31H40N4O3. The first kappa shape index (κ1) is 26.4. The van der Waals surface area contributed by atoms with Crippen LogP contribution in [0.4, 0.5) is 5.82 Å². The molecule has 0 radical (unpaired) electrons. The first-order valence-electron chi connectivity index (χ1n) is 14.4. The normalized spacial score (nSPS) is 21.4. The van der Waals surface area contributed by atoms with Gasteiger partial charge in [0.1, 0.15) is 0 Å². The van der Waals surface area contributed by atoms with Crippen molar-refractivity contribution in [1.82, 2.24) is 14.9 Å². The van der Waals surface area contributed by atoms with Gasteiger partial charge in [-0.05, 0) is 61.9 Å². The summed E-state index contributed by atoms with van der Waals surface area (Å²) in [7, 11) is 0. The highest BCUT2D eigenvalue weighted by Gasteiger charge is 2.26. The van der Waals surface area contributed by atoms with Crippen LogP contribution in [-0.4, -0.2) is 32.7 Å². The number of aromatic carboxylic acids is 1. The largest absolute Gasteiger partial charge is 0.478 e. The minimum atomic E-state index is -0.964. The van der Waals surface area contributed by atoms with Crippen molar-refractivity contribution in [3.63, 3.8) is 0 Å². The molecule has 0 amide bonds. The van der Waals surface area contributed by atoms with Gasteiger partial charge in [0.15, 0.2) is 5.82 Å². The van der Waals surface area contributed by atoms with E-state index in [4.69, 9.17) is 0 Å². The molecule has 0 spiro atoms. The van der Waals surface area contributed by atoms with E-state index in [0.29, 0.717) is 24.4 Å². The first-order chi connectivity index (χ1) is 18.6. The maximum Gasteiger partial charge on any atom is 0.335 e. The van der Waals surface area contributed by atoms with Gasteiger partial charge in [0.25, 0.3) is 5.56 Å². The maximum atomic E-state index is 13.9. The fourth-order valence-electron chi connectivity index (χ4n) is 6.31. The van der Waals surface area contributed by atoms with Crippen molar-refractivity contribution < 1.29 is 9.90 Å². The molecule has 1 aromatic heterocycles. The number of nitrogens with one attached hydrogen (secondary N) is 2. The molecule has 5 rings (SSSR count). The van der Waals surface area contributed by atoms with Gasteiger partial charge < -0.3 is 20.3 Å². The summed E-state index contributed by atoms with van der Waals surface area (Å²) >= 11 is 0. The lowest BCUT2D eigenvalue weighted by Gasteiger charge is -2.29. The lowest BCUT2D eigenvalue weighted by atomic mass is 9.95. The van der Waals surface area contributed by atoms with Crippen LogP contribution < -0.4 is 16.2 Å². The number of hydrogen-bond donors (Lipinski definition) is 3. The number of carbonyl (C=O) groups is 1. The highest BCUT2D eigenvalue weighted by atomic mass is 16.4. The Bertz CT molecular complexity index is 1300. The third kappa shape index (κ3) is 6.44. The number of nitrogens with zero attached hydrogens (tertiary/aromatic N) is 2. The Balaban J connectivity index is 1.40. The molecule has 0 saturated heterocycles. The van der Waals surface area contributed by atoms with Gasteiger partial charge in [0.2, 0.25) is 0 Å². The molecule has 7 nitrogen and oxygen atoms in total. The molecule has 38 heavy (non-hydrogen) atoms. The highest BCUT2D eigenvalue weighted by Crippen LogP contribution is 2.30. The zero-order valence-electron chi connectivity index (χ0n) is 22.2. The van der Waals surface area contributed by atoms with E-state index in [2.05, 4.69) is 15.6 Å². The van der Waals surface area contributed by atoms with Crippen LogP contribution in [-0.2, 0) is 6.54 Å². The van der Waals surface area contributed by atoms with Crippen LogP contribution >= 0.6 is 0 Å². The number of para-hydroxylation sites is 2. The van der Waals surface area contributed by atoms with E-state index < -0.39 is 5.97 Å². The van der Waals surface area contributed by atoms with Gasteiger partial charge in [-0.15, -0.1) is 0 Å². The topological polar surface area (TPSA) is 96.2 Å². The number of rotatable bonds is 7. The monoisotopic (exact) mass is 516 g/mol. The van der Waals surface area contributed by atoms with Gasteiger partial charge in [0, 0.05) is 24.7 Å². The average Bonchev–Trinajstić information content (AvgIpc) is 3.14. The van der Waals surface area contributed by atoms with Crippen molar-refractivity contribution >= 4 is 22.8 Å². The molecule has 1 heterocycles. The van der Waals surface area contributed by atoms with Crippen LogP contribution in [0, 0.1) is 0 Å². The van der Waals surface area contributed by atoms with Crippen molar-refractivity contribution in [3.8, 4) is 0 Å². The molecule has 3 N–H and O–H groups in total. The first-order valence-corrected chi connectivity index (χ1v) is 14.4. The number of carboxylic acid groups (broad SMARTS) is 1. The SMILES string of the molecule is O=C(O)c1cccc(CNc2nc3ccccc3n([C@H]3CCCC[C@H](NC4CCCCCCC4)C3)c2=O)c1. The summed E-state index contributed by atoms with van der Waals surface area (Å²) in [5.41, 5.74) is 2.60. The van der Waals surface area contributed by atoms with Crippen LogP contribution in [0.3, 0.4) is 0 Å². The summed E-state index contributed by atoms with van der Waals surface area (Å²) < 4.78 is 1.98. The van der Waals surface area contributed by atoms with E-state index in [1.54, 1.807) is 18.2 Å². The summed E-state index contributed by atoms with van der Waals surface area (Å²) in [6.45, 7) is 0.332. The van der Waals surface area contributed by atoms with Gasteiger partial charge >= 0.3 is 5.97 Å². The van der Waals surface area contributed by atoms with Gasteiger partial charge in [-0.2, -0.15) is 0 Å². The number of anilines is 1. The third-order valence-electron chi connectivity index (χ3n) is 8.27. The smallest absolute Gasteiger partial charge is 0.335 e. The minimum Gasteiger partial charge on any atom is -0.478 e. The molecular weight excluding hydrogens is 476 g/mol. The standard InChI is InChI=1S/C31H40N4O3/c36-30-29(32-21-22-11-10-12-23(19-22)31(37)38)34-27-17-8-9-18-28(27)35(30)26-16-7-6-15-25(20-26)33-24-13-4-2-1-3-5-14-24/h8-12,17-19,24-26,33H,1-7,13-16,20-21H2,(H,32,34)(H,37,38)/t25-,26-/m0/s1. The highest BCUT2D eigenvalue weighted by molar-refractivity contribution is 5.87. The van der Waals surface area contributed by atoms with E-state index in [9.17, 15) is 14.7 Å². The van der Waals surface area contributed by atoms with E-state index >= 15 is 0 Å². The van der Waals surface area contributed by atoms with Crippen molar-refractivity contribution in [2.75, 3.05) is 5.32 Å². The minimum absolute atomic E-state index is 0.102. The molecule has 202 valence electrons. The second-order valence-corrected chi connectivity index (χ2v) is 11.1. The zero-order chi connectivity index (χ0) is 26.3. The van der Waals surface area contributed by atoms with Gasteiger partial charge in [-0.25, -0.2) is 9.78 Å². The fourth-order valence-corrected chi connectivity index (χ4v) is 6.31. The molecule has 2 saturated carbocycles. The lowest BCUT2D eigenvalue weighted by molar-refractivity contribution is 0.0696. The third-order valence-corrected chi connectivity index (χ3v) is 8.27. The summed E-state index contributed by atoms with van der Waals surface area (Å²) in [5.74, 6) is -0.646. The summed E-state index contributed by atoms with van der Waals surface area (Å²) in [4.78, 5) is 29.9. The van der Waals surface area contributed by atoms with Gasteiger partial charge in [0.05, 0.1) is 16.6 Å². The number of hydrogen-bond acceptors (Lipinski definition) is 5. The summed E-state index contributed by atoms with van der Waals surface area (Å²) in [5, 5.41) is 16.6. The Morgan fingerprint density at radius 3 is 2.42 bits per heavy atom. The van der Waals surface area contributed by atoms with E-state index in [1.807, 2.05) is 34.9 Å². The molecule has 2 fully saturated rings. The second-order valence-electron chi connectivity index (χ2n) is 11.1. The Hall–Kier alpha value is -3.19. The van der Waals surface area contributed by atoms with Gasteiger partial charge in [-0.3, -0.25) is 4.79 Å². The Morgan fingerprint density at radius 1 is 0.895 bits per heavy atom. The Kier molecular flexibility index (Phi) is 8.74. The van der Waals surface area contributed by atoms with E-state index in [-0.39, 0.29) is 17.2 Å². The van der Waals surface area contributed by atoms with Crippen molar-refractivity contribution in [2.24, 2.45) is 0 Å².